The molecule has 1 aromatic carbocycles. The molecule has 3 heteroatoms. The van der Waals surface area contributed by atoms with Gasteiger partial charge in [-0.25, -0.2) is 0 Å². The second-order valence-corrected chi connectivity index (χ2v) is 9.26. The molecule has 0 aromatic heterocycles. The molecule has 0 aliphatic rings. The normalized spacial score (nSPS) is 14.5. The molecule has 0 saturated carbocycles. The lowest BCUT2D eigenvalue weighted by atomic mass is 9.75. The van der Waals surface area contributed by atoms with Gasteiger partial charge in [-0.15, -0.1) is 0 Å². The lowest BCUT2D eigenvalue weighted by Gasteiger charge is -2.36. The Morgan fingerprint density at radius 1 is 0.750 bits per heavy atom. The van der Waals surface area contributed by atoms with Gasteiger partial charge in [-0.1, -0.05) is 30.3 Å². The first-order valence-electron chi connectivity index (χ1n) is 11.1. The first-order chi connectivity index (χ1) is 13.1. The summed E-state index contributed by atoms with van der Waals surface area (Å²) in [5.74, 6) is 0. The molecule has 1 aromatic rings. The number of nitrogens with zero attached hydrogens (tertiary/aromatic N) is 3. The van der Waals surface area contributed by atoms with E-state index in [1.54, 1.807) is 0 Å². The molecule has 28 heavy (non-hydrogen) atoms. The first kappa shape index (κ1) is 24.7. The molecule has 0 spiro atoms. The van der Waals surface area contributed by atoms with Crippen LogP contribution in [0.4, 0.5) is 0 Å². The fourth-order valence-corrected chi connectivity index (χ4v) is 4.46. The largest absolute Gasteiger partial charge is 0.299 e. The zero-order chi connectivity index (χ0) is 21.3. The molecule has 3 nitrogen and oxygen atoms in total. The van der Waals surface area contributed by atoms with Crippen molar-refractivity contribution in [1.82, 2.24) is 9.80 Å². The molecule has 0 N–H and O–H groups in total. The molecule has 0 aliphatic carbocycles. The van der Waals surface area contributed by atoms with Crippen LogP contribution in [0.5, 0.6) is 0 Å². The number of benzene rings is 1. The van der Waals surface area contributed by atoms with Crippen molar-refractivity contribution in [3.8, 4) is 6.07 Å². The van der Waals surface area contributed by atoms with Crippen molar-refractivity contribution in [1.29, 1.82) is 5.26 Å². The number of hydrogen-bond acceptors (Lipinski definition) is 3. The Labute approximate surface area is 174 Å². The Hall–Kier alpha value is -1.37. The second kappa shape index (κ2) is 11.6. The Morgan fingerprint density at radius 2 is 1.21 bits per heavy atom. The van der Waals surface area contributed by atoms with Gasteiger partial charge in [0.05, 0.1) is 11.5 Å². The van der Waals surface area contributed by atoms with Gasteiger partial charge in [0, 0.05) is 30.7 Å². The fourth-order valence-electron chi connectivity index (χ4n) is 4.46. The number of hydrogen-bond donors (Lipinski definition) is 0. The SMILES string of the molecule is CC(C)N(CCCC(C#N)(CCN(C(C)C)C(C)C)c1ccccc1)C(C)C. The van der Waals surface area contributed by atoms with Gasteiger partial charge in [-0.2, -0.15) is 5.26 Å². The molecule has 158 valence electrons. The van der Waals surface area contributed by atoms with E-state index in [0.717, 1.165) is 32.4 Å². The average Bonchev–Trinajstić information content (AvgIpc) is 2.63. The van der Waals surface area contributed by atoms with Crippen molar-refractivity contribution >= 4 is 0 Å². The van der Waals surface area contributed by atoms with Gasteiger partial charge in [0.1, 0.15) is 0 Å². The van der Waals surface area contributed by atoms with E-state index >= 15 is 0 Å². The summed E-state index contributed by atoms with van der Waals surface area (Å²) in [6.07, 6.45) is 2.84. The lowest BCUT2D eigenvalue weighted by molar-refractivity contribution is 0.152. The summed E-state index contributed by atoms with van der Waals surface area (Å²) in [6, 6.07) is 15.3. The van der Waals surface area contributed by atoms with Crippen LogP contribution in [-0.2, 0) is 5.41 Å². The summed E-state index contributed by atoms with van der Waals surface area (Å²) in [6.45, 7) is 20.0. The van der Waals surface area contributed by atoms with E-state index in [9.17, 15) is 5.26 Å². The minimum atomic E-state index is -0.414. The molecule has 0 fully saturated rings. The first-order valence-corrected chi connectivity index (χ1v) is 11.1. The second-order valence-electron chi connectivity index (χ2n) is 9.26. The molecule has 0 saturated heterocycles. The topological polar surface area (TPSA) is 30.3 Å². The summed E-state index contributed by atoms with van der Waals surface area (Å²) in [7, 11) is 0. The average molecular weight is 386 g/mol. The van der Waals surface area contributed by atoms with Crippen LogP contribution in [0.25, 0.3) is 0 Å². The summed E-state index contributed by atoms with van der Waals surface area (Å²) in [5, 5.41) is 10.3. The minimum absolute atomic E-state index is 0.414. The third-order valence-electron chi connectivity index (χ3n) is 6.01. The van der Waals surface area contributed by atoms with E-state index in [1.165, 1.54) is 5.56 Å². The summed E-state index contributed by atoms with van der Waals surface area (Å²) < 4.78 is 0. The smallest absolute Gasteiger partial charge is 0.0835 e. The van der Waals surface area contributed by atoms with E-state index in [2.05, 4.69) is 95.5 Å². The maximum atomic E-state index is 10.3. The standard InChI is InChI=1S/C25H43N3/c1-20(2)27(21(3)4)17-12-15-25(19-26,24-13-10-9-11-14-24)16-18-28(22(5)6)23(7)8/h9-11,13-14,20-23H,12,15-18H2,1-8H3. The summed E-state index contributed by atoms with van der Waals surface area (Å²) >= 11 is 0. The van der Waals surface area contributed by atoms with Crippen LogP contribution >= 0.6 is 0 Å². The maximum absolute atomic E-state index is 10.3. The maximum Gasteiger partial charge on any atom is 0.0835 e. The molecule has 1 atom stereocenters. The Kier molecular flexibility index (Phi) is 10.2. The molecule has 1 rings (SSSR count). The van der Waals surface area contributed by atoms with Crippen molar-refractivity contribution in [2.45, 2.75) is 104 Å². The zero-order valence-electron chi connectivity index (χ0n) is 19.6. The molecule has 0 aliphatic heterocycles. The molecule has 1 unspecified atom stereocenters. The van der Waals surface area contributed by atoms with Crippen LogP contribution in [-0.4, -0.2) is 47.1 Å². The number of nitriles is 1. The van der Waals surface area contributed by atoms with Crippen molar-refractivity contribution in [3.05, 3.63) is 35.9 Å². The quantitative estimate of drug-likeness (QED) is 0.452. The van der Waals surface area contributed by atoms with E-state index in [0.29, 0.717) is 24.2 Å². The van der Waals surface area contributed by atoms with Crippen molar-refractivity contribution in [3.63, 3.8) is 0 Å². The summed E-state index contributed by atoms with van der Waals surface area (Å²) in [5.41, 5.74) is 0.758. The van der Waals surface area contributed by atoms with Gasteiger partial charge in [-0.05, 0) is 86.8 Å². The highest BCUT2D eigenvalue weighted by atomic mass is 15.2. The van der Waals surface area contributed by atoms with Gasteiger partial charge in [0.25, 0.3) is 0 Å². The Balaban J connectivity index is 3.00. The predicted octanol–water partition coefficient (Wildman–Crippen LogP) is 5.86. The van der Waals surface area contributed by atoms with E-state index < -0.39 is 5.41 Å². The van der Waals surface area contributed by atoms with Gasteiger partial charge in [0.15, 0.2) is 0 Å². The highest BCUT2D eigenvalue weighted by Gasteiger charge is 2.33. The molecule has 0 heterocycles. The van der Waals surface area contributed by atoms with E-state index in [4.69, 9.17) is 0 Å². The minimum Gasteiger partial charge on any atom is -0.299 e. The monoisotopic (exact) mass is 385 g/mol. The Bertz CT molecular complexity index is 570. The van der Waals surface area contributed by atoms with E-state index in [-0.39, 0.29) is 0 Å². The molecule has 0 bridgehead atoms. The van der Waals surface area contributed by atoms with Crippen LogP contribution < -0.4 is 0 Å². The highest BCUT2D eigenvalue weighted by molar-refractivity contribution is 5.32. The van der Waals surface area contributed by atoms with Gasteiger partial charge >= 0.3 is 0 Å². The molecular formula is C25H43N3. The highest BCUT2D eigenvalue weighted by Crippen LogP contribution is 2.33. The van der Waals surface area contributed by atoms with Gasteiger partial charge in [0.2, 0.25) is 0 Å². The van der Waals surface area contributed by atoms with Crippen molar-refractivity contribution < 1.29 is 0 Å². The van der Waals surface area contributed by atoms with Crippen molar-refractivity contribution in [2.24, 2.45) is 0 Å². The molecule has 0 amide bonds. The Morgan fingerprint density at radius 3 is 1.64 bits per heavy atom. The number of rotatable bonds is 12. The fraction of sp³-hybridized carbons (Fsp3) is 0.720. The van der Waals surface area contributed by atoms with Gasteiger partial charge in [-0.3, -0.25) is 9.80 Å². The van der Waals surface area contributed by atoms with Crippen LogP contribution in [0, 0.1) is 11.3 Å². The zero-order valence-corrected chi connectivity index (χ0v) is 19.6. The molecular weight excluding hydrogens is 342 g/mol. The van der Waals surface area contributed by atoms with Crippen LogP contribution in [0.1, 0.15) is 80.2 Å². The lowest BCUT2D eigenvalue weighted by Crippen LogP contribution is -2.41. The van der Waals surface area contributed by atoms with Crippen LogP contribution in [0.15, 0.2) is 30.3 Å². The third-order valence-corrected chi connectivity index (χ3v) is 6.01. The van der Waals surface area contributed by atoms with Gasteiger partial charge < -0.3 is 0 Å². The van der Waals surface area contributed by atoms with Crippen LogP contribution in [0.3, 0.4) is 0 Å². The predicted molar refractivity (Wildman–Crippen MR) is 122 cm³/mol. The van der Waals surface area contributed by atoms with Crippen LogP contribution in [0.2, 0.25) is 0 Å². The van der Waals surface area contributed by atoms with E-state index in [1.807, 2.05) is 6.07 Å². The van der Waals surface area contributed by atoms with Crippen molar-refractivity contribution in [2.75, 3.05) is 13.1 Å². The summed E-state index contributed by atoms with van der Waals surface area (Å²) in [4.78, 5) is 5.03. The molecule has 0 radical (unpaired) electrons. The third kappa shape index (κ3) is 6.90.